The van der Waals surface area contributed by atoms with Gasteiger partial charge in [0.25, 0.3) is 0 Å². The van der Waals surface area contributed by atoms with Crippen LogP contribution < -0.4 is 0 Å². The highest BCUT2D eigenvalue weighted by molar-refractivity contribution is 7.35. The fourth-order valence-corrected chi connectivity index (χ4v) is 5.78. The second-order valence-electron chi connectivity index (χ2n) is 10.2. The molecule has 7 heteroatoms. The Labute approximate surface area is 246 Å². The summed E-state index contributed by atoms with van der Waals surface area (Å²) in [6.45, 7) is 6.93. The number of esters is 2. The van der Waals surface area contributed by atoms with Gasteiger partial charge in [0.05, 0.1) is 13.2 Å². The molecule has 1 heterocycles. The second kappa shape index (κ2) is 13.6. The molecule has 0 aliphatic rings. The van der Waals surface area contributed by atoms with Crippen LogP contribution >= 0.6 is 8.01 Å². The monoisotopic (exact) mass is 582 g/mol. The molecule has 0 amide bonds. The van der Waals surface area contributed by atoms with E-state index in [1.807, 2.05) is 43.1 Å². The van der Waals surface area contributed by atoms with Crippen LogP contribution in [0.2, 0.25) is 0 Å². The Morgan fingerprint density at radius 3 is 1.57 bits per heavy atom. The zero-order chi connectivity index (χ0) is 29.5. The third-order valence-corrected chi connectivity index (χ3v) is 7.93. The SMILES string of the molecule is CCCCOC(=O)/C=C/c1ccc2c(ccc3op(C)oc4ccc5cc(/C=C/C(=O)OCCCC)ccc5c4c32)c1. The second-order valence-corrected chi connectivity index (χ2v) is 11.4. The molecule has 0 bridgehead atoms. The molecule has 5 rings (SSSR count). The molecule has 0 aliphatic carbocycles. The number of ether oxygens (including phenoxy) is 2. The number of hydrogen-bond acceptors (Lipinski definition) is 6. The van der Waals surface area contributed by atoms with E-state index in [0.717, 1.165) is 80.3 Å². The van der Waals surface area contributed by atoms with Crippen molar-refractivity contribution in [1.29, 1.82) is 0 Å². The van der Waals surface area contributed by atoms with Gasteiger partial charge in [0, 0.05) is 29.6 Å². The zero-order valence-electron chi connectivity index (χ0n) is 24.2. The molecule has 4 aromatic carbocycles. The molecule has 216 valence electrons. The van der Waals surface area contributed by atoms with E-state index in [9.17, 15) is 9.59 Å². The first-order valence-electron chi connectivity index (χ1n) is 14.4. The molecule has 0 fully saturated rings. The molecule has 1 aromatic heterocycles. The number of hydrogen-bond donors (Lipinski definition) is 0. The molecule has 0 spiro atoms. The minimum absolute atomic E-state index is 0.338. The highest BCUT2D eigenvalue weighted by Gasteiger charge is 2.12. The Morgan fingerprint density at radius 1 is 0.690 bits per heavy atom. The van der Waals surface area contributed by atoms with E-state index in [-0.39, 0.29) is 11.9 Å². The van der Waals surface area contributed by atoms with Crippen LogP contribution in [0.3, 0.4) is 0 Å². The third-order valence-electron chi connectivity index (χ3n) is 7.02. The van der Waals surface area contributed by atoms with Gasteiger partial charge in [-0.2, -0.15) is 0 Å². The average Bonchev–Trinajstić information content (AvgIpc) is 3.14. The minimum atomic E-state index is -1.18. The van der Waals surface area contributed by atoms with Crippen LogP contribution in [0.4, 0.5) is 0 Å². The van der Waals surface area contributed by atoms with E-state index in [1.165, 1.54) is 12.2 Å². The quantitative estimate of drug-likeness (QED) is 0.0926. The Bertz CT molecular complexity index is 1730. The zero-order valence-corrected chi connectivity index (χ0v) is 25.1. The van der Waals surface area contributed by atoms with Crippen molar-refractivity contribution in [3.05, 3.63) is 83.9 Å². The van der Waals surface area contributed by atoms with Gasteiger partial charge in [0.2, 0.25) is 8.01 Å². The summed E-state index contributed by atoms with van der Waals surface area (Å²) < 4.78 is 23.1. The average molecular weight is 583 g/mol. The van der Waals surface area contributed by atoms with Gasteiger partial charge in [0.1, 0.15) is 11.2 Å². The van der Waals surface area contributed by atoms with Crippen molar-refractivity contribution in [3.8, 4) is 0 Å². The van der Waals surface area contributed by atoms with E-state index in [2.05, 4.69) is 38.1 Å². The van der Waals surface area contributed by atoms with Crippen molar-refractivity contribution in [1.82, 2.24) is 0 Å². The van der Waals surface area contributed by atoms with Crippen LogP contribution in [0.25, 0.3) is 55.6 Å². The third kappa shape index (κ3) is 6.78. The Kier molecular flexibility index (Phi) is 9.45. The highest BCUT2D eigenvalue weighted by atomic mass is 31.1. The largest absolute Gasteiger partial charge is 0.463 e. The molecule has 0 N–H and O–H groups in total. The first-order chi connectivity index (χ1) is 20.5. The molecule has 0 radical (unpaired) electrons. The molecule has 0 unspecified atom stereocenters. The van der Waals surface area contributed by atoms with Crippen molar-refractivity contribution in [2.45, 2.75) is 39.5 Å². The lowest BCUT2D eigenvalue weighted by molar-refractivity contribution is -0.138. The molecule has 0 aliphatic heterocycles. The van der Waals surface area contributed by atoms with E-state index in [0.29, 0.717) is 13.2 Å². The first kappa shape index (κ1) is 29.2. The summed E-state index contributed by atoms with van der Waals surface area (Å²) in [5, 5.41) is 6.03. The van der Waals surface area contributed by atoms with Gasteiger partial charge in [-0.1, -0.05) is 63.1 Å². The van der Waals surface area contributed by atoms with Crippen molar-refractivity contribution in [3.63, 3.8) is 0 Å². The van der Waals surface area contributed by atoms with Crippen LogP contribution in [0.1, 0.15) is 50.7 Å². The molecule has 6 nitrogen and oxygen atoms in total. The number of benzene rings is 4. The fraction of sp³-hybridized carbons (Fsp3) is 0.257. The van der Waals surface area contributed by atoms with Gasteiger partial charge in [-0.05, 0) is 81.9 Å². The predicted molar refractivity (Wildman–Crippen MR) is 172 cm³/mol. The van der Waals surface area contributed by atoms with Crippen molar-refractivity contribution in [2.75, 3.05) is 13.2 Å². The summed E-state index contributed by atoms with van der Waals surface area (Å²) in [4.78, 5) is 24.1. The normalized spacial score (nSPS) is 11.8. The Hall–Kier alpha value is -4.28. The molecule has 5 aromatic rings. The maximum Gasteiger partial charge on any atom is 0.330 e. The van der Waals surface area contributed by atoms with Crippen LogP contribution in [0.15, 0.2) is 81.2 Å². The summed E-state index contributed by atoms with van der Waals surface area (Å²) in [5.74, 6) is -0.675. The van der Waals surface area contributed by atoms with Gasteiger partial charge in [-0.15, -0.1) is 0 Å². The lowest BCUT2D eigenvalue weighted by Crippen LogP contribution is -2.01. The lowest BCUT2D eigenvalue weighted by Gasteiger charge is -2.07. The first-order valence-corrected chi connectivity index (χ1v) is 16.0. The molecule has 0 atom stereocenters. The highest BCUT2D eigenvalue weighted by Crippen LogP contribution is 2.40. The van der Waals surface area contributed by atoms with Gasteiger partial charge >= 0.3 is 11.9 Å². The fourth-order valence-electron chi connectivity index (χ4n) is 4.89. The number of aryl methyl sites for hydroxylation is 1. The van der Waals surface area contributed by atoms with Crippen molar-refractivity contribution < 1.29 is 27.5 Å². The minimum Gasteiger partial charge on any atom is -0.463 e. The summed E-state index contributed by atoms with van der Waals surface area (Å²) in [6, 6.07) is 20.3. The summed E-state index contributed by atoms with van der Waals surface area (Å²) in [6.07, 6.45) is 10.2. The van der Waals surface area contributed by atoms with Crippen LogP contribution in [-0.2, 0) is 25.7 Å². The maximum absolute atomic E-state index is 12.1. The van der Waals surface area contributed by atoms with Gasteiger partial charge < -0.3 is 17.9 Å². The van der Waals surface area contributed by atoms with E-state index in [4.69, 9.17) is 17.9 Å². The maximum atomic E-state index is 12.1. The molecule has 0 saturated carbocycles. The van der Waals surface area contributed by atoms with E-state index >= 15 is 0 Å². The molecular weight excluding hydrogens is 547 g/mol. The number of unbranched alkanes of at least 4 members (excludes halogenated alkanes) is 2. The standard InChI is InChI=1S/C35H35O6P/c1-4-6-20-38-32(36)18-10-24-8-14-28-26(22-24)12-16-30-34(28)35-29-15-9-25(11-19-33(37)39-21-7-5-2)23-27(29)13-17-31(35)41-42(3)40-30/h8-19,22-23H,4-7,20-21H2,1-3H3/b18-10+,19-11+. The Balaban J connectivity index is 1.59. The van der Waals surface area contributed by atoms with Crippen LogP contribution in [0, 0.1) is 0 Å². The molecule has 0 saturated heterocycles. The van der Waals surface area contributed by atoms with Crippen LogP contribution in [-0.4, -0.2) is 25.2 Å². The number of carbonyl (C=O) groups excluding carboxylic acids is 2. The van der Waals surface area contributed by atoms with E-state index in [1.54, 1.807) is 12.2 Å². The Morgan fingerprint density at radius 2 is 1.14 bits per heavy atom. The smallest absolute Gasteiger partial charge is 0.330 e. The summed E-state index contributed by atoms with van der Waals surface area (Å²) in [5.41, 5.74) is 3.34. The van der Waals surface area contributed by atoms with Gasteiger partial charge in [-0.25, -0.2) is 9.59 Å². The number of carbonyl (C=O) groups is 2. The topological polar surface area (TPSA) is 78.9 Å². The molecular formula is C35H35O6P. The number of fused-ring (bicyclic) bond motifs is 7. The van der Waals surface area contributed by atoms with Gasteiger partial charge in [-0.3, -0.25) is 0 Å². The summed E-state index contributed by atoms with van der Waals surface area (Å²) in [7, 11) is -1.18. The van der Waals surface area contributed by atoms with Crippen LogP contribution in [0.5, 0.6) is 0 Å². The lowest BCUT2D eigenvalue weighted by atomic mass is 9.96. The van der Waals surface area contributed by atoms with E-state index < -0.39 is 8.01 Å². The summed E-state index contributed by atoms with van der Waals surface area (Å²) >= 11 is 0. The van der Waals surface area contributed by atoms with Crippen molar-refractivity contribution >= 4 is 75.6 Å². The molecule has 42 heavy (non-hydrogen) atoms. The number of rotatable bonds is 10. The van der Waals surface area contributed by atoms with Crippen molar-refractivity contribution in [2.24, 2.45) is 6.66 Å². The predicted octanol–water partition coefficient (Wildman–Crippen LogP) is 9.85. The van der Waals surface area contributed by atoms with Gasteiger partial charge in [0.15, 0.2) is 0 Å².